The standard InChI is InChI=1S/C10H12F2N4O2/c11-9(12)8-7(10(17)15-18)5-14-16(8)6-2-1-3-13-4-6/h5-6,9,13H,1-4H2. The minimum atomic E-state index is -2.87. The van der Waals surface area contributed by atoms with Gasteiger partial charge >= 0.3 is 5.91 Å². The van der Waals surface area contributed by atoms with Gasteiger partial charge in [-0.2, -0.15) is 5.10 Å². The minimum Gasteiger partial charge on any atom is -0.315 e. The maximum atomic E-state index is 13.0. The molecule has 0 aromatic carbocycles. The Morgan fingerprint density at radius 3 is 2.94 bits per heavy atom. The number of alkyl halides is 2. The van der Waals surface area contributed by atoms with E-state index >= 15 is 0 Å². The summed E-state index contributed by atoms with van der Waals surface area (Å²) in [4.78, 5) is 21.3. The molecule has 1 saturated heterocycles. The first kappa shape index (κ1) is 12.7. The van der Waals surface area contributed by atoms with Crippen molar-refractivity contribution in [3.8, 4) is 0 Å². The largest absolute Gasteiger partial charge is 0.320 e. The third kappa shape index (κ3) is 2.28. The zero-order valence-electron chi connectivity index (χ0n) is 9.47. The molecule has 0 aliphatic carbocycles. The first-order chi connectivity index (χ1) is 8.65. The molecule has 1 aliphatic rings. The Kier molecular flexibility index (Phi) is 3.75. The number of hydrogen-bond acceptors (Lipinski definition) is 4. The van der Waals surface area contributed by atoms with E-state index in [9.17, 15) is 18.5 Å². The van der Waals surface area contributed by atoms with Crippen molar-refractivity contribution in [2.24, 2.45) is 5.18 Å². The monoisotopic (exact) mass is 258 g/mol. The van der Waals surface area contributed by atoms with Gasteiger partial charge in [0.15, 0.2) is 0 Å². The van der Waals surface area contributed by atoms with Crippen molar-refractivity contribution < 1.29 is 13.6 Å². The number of aromatic nitrogens is 2. The molecule has 0 saturated carbocycles. The van der Waals surface area contributed by atoms with E-state index in [1.54, 1.807) is 0 Å². The molecule has 1 aromatic heterocycles. The SMILES string of the molecule is O=NC(=O)c1cnn(C2CCCNC2)c1C(F)F. The van der Waals surface area contributed by atoms with E-state index in [1.165, 1.54) is 0 Å². The van der Waals surface area contributed by atoms with Crippen LogP contribution in [0.15, 0.2) is 11.4 Å². The average Bonchev–Trinajstić information content (AvgIpc) is 2.83. The highest BCUT2D eigenvalue weighted by Gasteiger charge is 2.29. The van der Waals surface area contributed by atoms with Crippen molar-refractivity contribution >= 4 is 5.91 Å². The van der Waals surface area contributed by atoms with E-state index in [0.717, 1.165) is 23.8 Å². The molecular weight excluding hydrogens is 246 g/mol. The zero-order valence-corrected chi connectivity index (χ0v) is 9.47. The van der Waals surface area contributed by atoms with Crippen LogP contribution in [0.1, 0.15) is 41.4 Å². The first-order valence-corrected chi connectivity index (χ1v) is 5.59. The number of rotatable bonds is 3. The van der Waals surface area contributed by atoms with E-state index in [2.05, 4.69) is 15.6 Å². The fraction of sp³-hybridized carbons (Fsp3) is 0.600. The molecule has 1 aromatic rings. The molecular formula is C10H12F2N4O2. The van der Waals surface area contributed by atoms with Crippen molar-refractivity contribution in [3.63, 3.8) is 0 Å². The summed E-state index contributed by atoms with van der Waals surface area (Å²) in [5, 5.41) is 9.05. The average molecular weight is 258 g/mol. The number of carbonyl (C=O) groups excluding carboxylic acids is 1. The quantitative estimate of drug-likeness (QED) is 0.836. The van der Waals surface area contributed by atoms with Crippen LogP contribution in [0.2, 0.25) is 0 Å². The summed E-state index contributed by atoms with van der Waals surface area (Å²) in [5.74, 6) is -1.21. The van der Waals surface area contributed by atoms with Crippen molar-refractivity contribution in [2.75, 3.05) is 13.1 Å². The number of carbonyl (C=O) groups is 1. The molecule has 2 rings (SSSR count). The molecule has 1 atom stereocenters. The van der Waals surface area contributed by atoms with Gasteiger partial charge < -0.3 is 5.32 Å². The number of nitroso groups, excluding NO2 is 1. The normalized spacial score (nSPS) is 20.1. The lowest BCUT2D eigenvalue weighted by molar-refractivity contribution is 0.0979. The number of nitrogens with one attached hydrogen (secondary N) is 1. The van der Waals surface area contributed by atoms with E-state index in [0.29, 0.717) is 13.0 Å². The Morgan fingerprint density at radius 2 is 2.39 bits per heavy atom. The van der Waals surface area contributed by atoms with Crippen LogP contribution in [-0.4, -0.2) is 28.8 Å². The molecule has 18 heavy (non-hydrogen) atoms. The summed E-state index contributed by atoms with van der Waals surface area (Å²) in [6, 6.07) is -0.226. The third-order valence-corrected chi connectivity index (χ3v) is 2.97. The predicted molar refractivity (Wildman–Crippen MR) is 58.5 cm³/mol. The minimum absolute atomic E-state index is 0.226. The number of halogens is 2. The molecule has 1 unspecified atom stereocenters. The van der Waals surface area contributed by atoms with Gasteiger partial charge in [0.25, 0.3) is 6.43 Å². The van der Waals surface area contributed by atoms with Gasteiger partial charge in [-0.15, -0.1) is 4.91 Å². The molecule has 1 N–H and O–H groups in total. The van der Waals surface area contributed by atoms with Crippen LogP contribution in [0.5, 0.6) is 0 Å². The van der Waals surface area contributed by atoms with Crippen LogP contribution < -0.4 is 5.32 Å². The van der Waals surface area contributed by atoms with Gasteiger partial charge in [0.2, 0.25) is 0 Å². The van der Waals surface area contributed by atoms with Crippen LogP contribution in [0.4, 0.5) is 8.78 Å². The van der Waals surface area contributed by atoms with E-state index in [1.807, 2.05) is 0 Å². The second-order valence-electron chi connectivity index (χ2n) is 4.09. The van der Waals surface area contributed by atoms with Crippen LogP contribution in [0.25, 0.3) is 0 Å². The summed E-state index contributed by atoms with van der Waals surface area (Å²) in [5.41, 5.74) is -0.932. The molecule has 8 heteroatoms. The fourth-order valence-corrected chi connectivity index (χ4v) is 2.14. The zero-order chi connectivity index (χ0) is 13.1. The highest BCUT2D eigenvalue weighted by molar-refractivity contribution is 5.95. The summed E-state index contributed by atoms with van der Waals surface area (Å²) >= 11 is 0. The Labute approximate surface area is 101 Å². The lowest BCUT2D eigenvalue weighted by Gasteiger charge is -2.24. The lowest BCUT2D eigenvalue weighted by Crippen LogP contribution is -2.33. The van der Waals surface area contributed by atoms with Gasteiger partial charge in [0, 0.05) is 11.7 Å². The number of piperidine rings is 1. The van der Waals surface area contributed by atoms with Gasteiger partial charge in [-0.05, 0) is 19.4 Å². The smallest absolute Gasteiger partial charge is 0.315 e. The molecule has 1 aliphatic heterocycles. The van der Waals surface area contributed by atoms with Crippen LogP contribution in [-0.2, 0) is 0 Å². The fourth-order valence-electron chi connectivity index (χ4n) is 2.14. The van der Waals surface area contributed by atoms with Gasteiger partial charge in [0.1, 0.15) is 5.69 Å². The summed E-state index contributed by atoms with van der Waals surface area (Å²) in [7, 11) is 0. The number of amides is 1. The maximum Gasteiger partial charge on any atom is 0.320 e. The second kappa shape index (κ2) is 5.30. The van der Waals surface area contributed by atoms with Crippen molar-refractivity contribution in [2.45, 2.75) is 25.3 Å². The van der Waals surface area contributed by atoms with Crippen molar-refractivity contribution in [3.05, 3.63) is 22.4 Å². The number of hydrogen-bond donors (Lipinski definition) is 1. The van der Waals surface area contributed by atoms with E-state index in [4.69, 9.17) is 0 Å². The Bertz CT molecular complexity index is 455. The molecule has 1 amide bonds. The van der Waals surface area contributed by atoms with Crippen molar-refractivity contribution in [1.82, 2.24) is 15.1 Å². The van der Waals surface area contributed by atoms with E-state index in [-0.39, 0.29) is 6.04 Å². The Morgan fingerprint density at radius 1 is 1.61 bits per heavy atom. The van der Waals surface area contributed by atoms with Gasteiger partial charge in [-0.25, -0.2) is 8.78 Å². The highest BCUT2D eigenvalue weighted by atomic mass is 19.3. The van der Waals surface area contributed by atoms with Crippen molar-refractivity contribution in [1.29, 1.82) is 0 Å². The summed E-state index contributed by atoms with van der Waals surface area (Å²) < 4.78 is 27.1. The Balaban J connectivity index is 2.37. The molecule has 0 radical (unpaired) electrons. The summed E-state index contributed by atoms with van der Waals surface area (Å²) in [6.45, 7) is 1.35. The van der Waals surface area contributed by atoms with Crippen LogP contribution in [0.3, 0.4) is 0 Å². The maximum absolute atomic E-state index is 13.0. The molecule has 0 spiro atoms. The van der Waals surface area contributed by atoms with E-state index < -0.39 is 23.6 Å². The predicted octanol–water partition coefficient (Wildman–Crippen LogP) is 1.65. The lowest BCUT2D eigenvalue weighted by atomic mass is 10.1. The first-order valence-electron chi connectivity index (χ1n) is 5.59. The molecule has 2 heterocycles. The molecule has 1 fully saturated rings. The molecule has 0 bridgehead atoms. The van der Waals surface area contributed by atoms with Gasteiger partial charge in [-0.1, -0.05) is 0 Å². The molecule has 6 nitrogen and oxygen atoms in total. The second-order valence-corrected chi connectivity index (χ2v) is 4.09. The van der Waals surface area contributed by atoms with Gasteiger partial charge in [-0.3, -0.25) is 9.48 Å². The molecule has 98 valence electrons. The number of nitrogens with zero attached hydrogens (tertiary/aromatic N) is 3. The van der Waals surface area contributed by atoms with Crippen LogP contribution in [0, 0.1) is 4.91 Å². The Hall–Kier alpha value is -1.70. The summed E-state index contributed by atoms with van der Waals surface area (Å²) in [6.07, 6.45) is -0.325. The highest BCUT2D eigenvalue weighted by Crippen LogP contribution is 2.28. The van der Waals surface area contributed by atoms with Crippen LogP contribution >= 0.6 is 0 Å². The van der Waals surface area contributed by atoms with Gasteiger partial charge in [0.05, 0.1) is 17.8 Å². The topological polar surface area (TPSA) is 76.3 Å². The third-order valence-electron chi connectivity index (χ3n) is 2.97.